The molecule has 39 heavy (non-hydrogen) atoms. The first-order valence-corrected chi connectivity index (χ1v) is 14.2. The number of carbonyl (C=O) groups excluding carboxylic acids is 1. The monoisotopic (exact) mass is 562 g/mol. The van der Waals surface area contributed by atoms with Gasteiger partial charge in [0, 0.05) is 23.7 Å². The van der Waals surface area contributed by atoms with Crippen LogP contribution in [0.25, 0.3) is 11.3 Å². The molecule has 0 spiro atoms. The third-order valence-corrected chi connectivity index (χ3v) is 8.40. The molecule has 1 aliphatic rings. The lowest BCUT2D eigenvalue weighted by Gasteiger charge is -2.36. The summed E-state index contributed by atoms with van der Waals surface area (Å²) in [4.78, 5) is 23.4. The predicted molar refractivity (Wildman–Crippen MR) is 150 cm³/mol. The van der Waals surface area contributed by atoms with E-state index >= 15 is 0 Å². The number of aliphatic hydroxyl groups excluding tert-OH is 1. The molecule has 1 aliphatic heterocycles. The Morgan fingerprint density at radius 3 is 2.41 bits per heavy atom. The lowest BCUT2D eigenvalue weighted by molar-refractivity contribution is 0.0544. The summed E-state index contributed by atoms with van der Waals surface area (Å²) >= 11 is 6.24. The van der Waals surface area contributed by atoms with Crippen LogP contribution in [0.5, 0.6) is 0 Å². The van der Waals surface area contributed by atoms with Crippen molar-refractivity contribution in [1.82, 2.24) is 14.9 Å². The summed E-state index contributed by atoms with van der Waals surface area (Å²) in [5.41, 5.74) is 5.54. The lowest BCUT2D eigenvalue weighted by atomic mass is 9.93. The van der Waals surface area contributed by atoms with Crippen LogP contribution in [0.15, 0.2) is 77.7 Å². The molecule has 3 aromatic carbocycles. The van der Waals surface area contributed by atoms with Crippen LogP contribution in [0.3, 0.4) is 0 Å². The normalized spacial score (nSPS) is 15.1. The molecule has 2 N–H and O–H groups in total. The number of aryl methyl sites for hydroxylation is 2. The molecule has 4 aromatic rings. The zero-order valence-electron chi connectivity index (χ0n) is 21.4. The van der Waals surface area contributed by atoms with Crippen LogP contribution in [0.4, 0.5) is 5.95 Å². The van der Waals surface area contributed by atoms with Gasteiger partial charge in [0.05, 0.1) is 23.2 Å². The highest BCUT2D eigenvalue weighted by atomic mass is 35.5. The minimum atomic E-state index is -4.16. The molecule has 0 saturated heterocycles. The Kier molecular flexibility index (Phi) is 7.40. The van der Waals surface area contributed by atoms with Crippen LogP contribution < -0.4 is 4.72 Å². The predicted octanol–water partition coefficient (Wildman–Crippen LogP) is 4.77. The van der Waals surface area contributed by atoms with Gasteiger partial charge in [-0.25, -0.2) is 23.1 Å². The summed E-state index contributed by atoms with van der Waals surface area (Å²) in [6.07, 6.45) is 0.521. The summed E-state index contributed by atoms with van der Waals surface area (Å²) in [7, 11) is -4.16. The Balaban J connectivity index is 1.43. The first kappa shape index (κ1) is 26.8. The van der Waals surface area contributed by atoms with Gasteiger partial charge in [0.25, 0.3) is 15.9 Å². The summed E-state index contributed by atoms with van der Waals surface area (Å²) in [5.74, 6) is -0.540. The number of halogens is 1. The van der Waals surface area contributed by atoms with Gasteiger partial charge in [-0.3, -0.25) is 4.79 Å². The van der Waals surface area contributed by atoms with Crippen LogP contribution in [0.1, 0.15) is 32.6 Å². The molecule has 0 unspecified atom stereocenters. The number of aromatic nitrogens is 2. The molecule has 10 heteroatoms. The van der Waals surface area contributed by atoms with E-state index in [0.29, 0.717) is 18.7 Å². The fourth-order valence-electron chi connectivity index (χ4n) is 4.94. The number of rotatable bonds is 6. The number of amides is 1. The number of aliphatic hydroxyl groups is 1. The summed E-state index contributed by atoms with van der Waals surface area (Å²) in [6.45, 7) is 4.00. The molecule has 8 nitrogen and oxygen atoms in total. The van der Waals surface area contributed by atoms with Gasteiger partial charge in [-0.15, -0.1) is 0 Å². The molecule has 2 heterocycles. The van der Waals surface area contributed by atoms with Crippen molar-refractivity contribution >= 4 is 33.5 Å². The fraction of sp³-hybridized carbons (Fsp3) is 0.207. The topological polar surface area (TPSA) is 112 Å². The number of hydrogen-bond acceptors (Lipinski definition) is 6. The molecular weight excluding hydrogens is 536 g/mol. The molecule has 200 valence electrons. The summed E-state index contributed by atoms with van der Waals surface area (Å²) in [5, 5.41) is 10.1. The quantitative estimate of drug-likeness (QED) is 0.327. The molecule has 5 rings (SSSR count). The number of nitrogens with zero attached hydrogens (tertiary/aromatic N) is 3. The Hall–Kier alpha value is -3.79. The first-order chi connectivity index (χ1) is 18.7. The number of sulfonamides is 1. The Labute approximate surface area is 232 Å². The van der Waals surface area contributed by atoms with E-state index in [4.69, 9.17) is 11.6 Å². The van der Waals surface area contributed by atoms with Gasteiger partial charge in [-0.05, 0) is 60.7 Å². The third kappa shape index (κ3) is 5.52. The standard InChI is InChI=1S/C29H27ClN4O4S/c1-18-7-5-8-19(2)27(18)25-15-26(30)32-29(31-25)33-39(37,38)24-12-6-11-21(14-24)28(36)34-16-22-10-4-3-9-20(22)13-23(34)17-35/h3-12,14-15,23,35H,13,16-17H2,1-2H3,(H,31,32,33)/t23-/m1/s1. The van der Waals surface area contributed by atoms with E-state index in [0.717, 1.165) is 27.8 Å². The van der Waals surface area contributed by atoms with Crippen molar-refractivity contribution in [3.63, 3.8) is 0 Å². The second kappa shape index (κ2) is 10.8. The van der Waals surface area contributed by atoms with Crippen molar-refractivity contribution in [3.05, 3.63) is 106 Å². The van der Waals surface area contributed by atoms with Gasteiger partial charge in [0.1, 0.15) is 5.15 Å². The number of fused-ring (bicyclic) bond motifs is 1. The average molecular weight is 563 g/mol. The lowest BCUT2D eigenvalue weighted by Crippen LogP contribution is -2.46. The number of benzene rings is 3. The van der Waals surface area contributed by atoms with E-state index in [-0.39, 0.29) is 34.1 Å². The van der Waals surface area contributed by atoms with E-state index in [9.17, 15) is 18.3 Å². The molecule has 0 saturated carbocycles. The average Bonchev–Trinajstić information content (AvgIpc) is 2.91. The van der Waals surface area contributed by atoms with E-state index in [1.165, 1.54) is 18.2 Å². The second-order valence-electron chi connectivity index (χ2n) is 9.54. The van der Waals surface area contributed by atoms with Crippen LogP contribution >= 0.6 is 11.6 Å². The van der Waals surface area contributed by atoms with Crippen molar-refractivity contribution < 1.29 is 18.3 Å². The molecule has 0 aliphatic carbocycles. The number of nitrogens with one attached hydrogen (secondary N) is 1. The third-order valence-electron chi connectivity index (χ3n) is 6.88. The summed E-state index contributed by atoms with van der Waals surface area (Å²) < 4.78 is 29.1. The van der Waals surface area contributed by atoms with Crippen molar-refractivity contribution in [3.8, 4) is 11.3 Å². The Morgan fingerprint density at radius 2 is 1.69 bits per heavy atom. The van der Waals surface area contributed by atoms with E-state index in [1.807, 2.05) is 56.3 Å². The second-order valence-corrected chi connectivity index (χ2v) is 11.6. The first-order valence-electron chi connectivity index (χ1n) is 12.4. The zero-order chi connectivity index (χ0) is 27.7. The van der Waals surface area contributed by atoms with Crippen molar-refractivity contribution in [2.24, 2.45) is 0 Å². The summed E-state index contributed by atoms with van der Waals surface area (Å²) in [6, 6.07) is 20.5. The van der Waals surface area contributed by atoms with Gasteiger partial charge in [0.2, 0.25) is 5.95 Å². The number of hydrogen-bond donors (Lipinski definition) is 2. The number of anilines is 1. The minimum absolute atomic E-state index is 0.0877. The minimum Gasteiger partial charge on any atom is -0.394 e. The van der Waals surface area contributed by atoms with Crippen molar-refractivity contribution in [2.75, 3.05) is 11.3 Å². The van der Waals surface area contributed by atoms with E-state index in [2.05, 4.69) is 14.7 Å². The Bertz CT molecular complexity index is 1660. The SMILES string of the molecule is Cc1cccc(C)c1-c1cc(Cl)nc(NS(=O)(=O)c2cccc(C(=O)N3Cc4ccccc4C[C@@H]3CO)c2)n1. The van der Waals surface area contributed by atoms with Crippen LogP contribution in [-0.4, -0.2) is 46.9 Å². The van der Waals surface area contributed by atoms with Gasteiger partial charge in [-0.1, -0.05) is 60.1 Å². The largest absolute Gasteiger partial charge is 0.394 e. The zero-order valence-corrected chi connectivity index (χ0v) is 23.0. The maximum absolute atomic E-state index is 13.5. The van der Waals surface area contributed by atoms with Crippen molar-refractivity contribution in [2.45, 2.75) is 37.8 Å². The van der Waals surface area contributed by atoms with Crippen LogP contribution in [0, 0.1) is 13.8 Å². The highest BCUT2D eigenvalue weighted by molar-refractivity contribution is 7.92. The molecule has 0 fully saturated rings. The van der Waals surface area contributed by atoms with Gasteiger partial charge in [-0.2, -0.15) is 0 Å². The van der Waals surface area contributed by atoms with E-state index < -0.39 is 16.1 Å². The maximum atomic E-state index is 13.5. The highest BCUT2D eigenvalue weighted by Crippen LogP contribution is 2.29. The van der Waals surface area contributed by atoms with Crippen LogP contribution in [-0.2, 0) is 23.0 Å². The molecule has 1 atom stereocenters. The van der Waals surface area contributed by atoms with Gasteiger partial charge >= 0.3 is 0 Å². The van der Waals surface area contributed by atoms with E-state index in [1.54, 1.807) is 17.0 Å². The van der Waals surface area contributed by atoms with Crippen LogP contribution in [0.2, 0.25) is 5.15 Å². The van der Waals surface area contributed by atoms with Gasteiger partial charge in [0.15, 0.2) is 0 Å². The van der Waals surface area contributed by atoms with Gasteiger partial charge < -0.3 is 10.0 Å². The highest BCUT2D eigenvalue weighted by Gasteiger charge is 2.30. The smallest absolute Gasteiger partial charge is 0.264 e. The molecular formula is C29H27ClN4O4S. The fourth-order valence-corrected chi connectivity index (χ4v) is 6.11. The molecule has 0 bridgehead atoms. The van der Waals surface area contributed by atoms with Crippen molar-refractivity contribution in [1.29, 1.82) is 0 Å². The number of carbonyl (C=O) groups is 1. The Morgan fingerprint density at radius 1 is 1.00 bits per heavy atom. The maximum Gasteiger partial charge on any atom is 0.264 e. The molecule has 1 amide bonds. The molecule has 1 aromatic heterocycles. The molecule has 0 radical (unpaired) electrons.